The van der Waals surface area contributed by atoms with Gasteiger partial charge in [0.1, 0.15) is 6.61 Å². The fourth-order valence-corrected chi connectivity index (χ4v) is 2.60. The Labute approximate surface area is 99.2 Å². The number of carbonyl (C=O) groups excluding carboxylic acids is 2. The number of fused-ring (bicyclic) bond motifs is 1. The van der Waals surface area contributed by atoms with Crippen molar-refractivity contribution in [3.63, 3.8) is 0 Å². The first kappa shape index (κ1) is 10.3. The molecule has 2 atom stereocenters. The van der Waals surface area contributed by atoms with E-state index >= 15 is 0 Å². The Kier molecular flexibility index (Phi) is 2.35. The Morgan fingerprint density at radius 1 is 1.24 bits per heavy atom. The zero-order valence-corrected chi connectivity index (χ0v) is 9.33. The van der Waals surface area contributed by atoms with Gasteiger partial charge in [0.25, 0.3) is 0 Å². The highest BCUT2D eigenvalue weighted by Gasteiger charge is 2.48. The molecular weight excluding hydrogens is 218 g/mol. The smallest absolute Gasteiger partial charge is 0.416 e. The van der Waals surface area contributed by atoms with E-state index in [9.17, 15) is 9.59 Å². The van der Waals surface area contributed by atoms with Crippen LogP contribution in [0.1, 0.15) is 12.0 Å². The predicted molar refractivity (Wildman–Crippen MR) is 60.2 cm³/mol. The van der Waals surface area contributed by atoms with Gasteiger partial charge in [-0.05, 0) is 18.4 Å². The van der Waals surface area contributed by atoms with Crippen LogP contribution in [-0.2, 0) is 16.0 Å². The summed E-state index contributed by atoms with van der Waals surface area (Å²) in [6.45, 7) is 0.357. The van der Waals surface area contributed by atoms with E-state index in [1.165, 1.54) is 4.90 Å². The van der Waals surface area contributed by atoms with Gasteiger partial charge in [0, 0.05) is 5.92 Å². The minimum Gasteiger partial charge on any atom is -0.447 e. The Balaban J connectivity index is 1.75. The minimum atomic E-state index is -0.476. The molecule has 0 saturated carbocycles. The molecule has 2 aliphatic rings. The van der Waals surface area contributed by atoms with Crippen LogP contribution in [0.15, 0.2) is 30.3 Å². The lowest BCUT2D eigenvalue weighted by Gasteiger charge is -2.10. The number of carbonyl (C=O) groups is 2. The van der Waals surface area contributed by atoms with Gasteiger partial charge in [-0.15, -0.1) is 0 Å². The van der Waals surface area contributed by atoms with E-state index in [2.05, 4.69) is 0 Å². The molecule has 2 aliphatic heterocycles. The van der Waals surface area contributed by atoms with E-state index in [0.29, 0.717) is 13.0 Å². The molecule has 1 aromatic carbocycles. The van der Waals surface area contributed by atoms with Crippen molar-refractivity contribution in [2.45, 2.75) is 18.9 Å². The number of nitrogens with zero attached hydrogens (tertiary/aromatic N) is 1. The molecule has 2 saturated heterocycles. The van der Waals surface area contributed by atoms with Crippen molar-refractivity contribution < 1.29 is 14.3 Å². The molecule has 0 spiro atoms. The molecule has 2 fully saturated rings. The Bertz CT molecular complexity index is 457. The second-order valence-electron chi connectivity index (χ2n) is 4.56. The summed E-state index contributed by atoms with van der Waals surface area (Å²) in [5, 5.41) is 0. The van der Waals surface area contributed by atoms with Gasteiger partial charge >= 0.3 is 6.09 Å². The number of cyclic esters (lactones) is 1. The zero-order chi connectivity index (χ0) is 11.8. The molecule has 0 aromatic heterocycles. The molecule has 2 amide bonds. The number of ether oxygens (including phenoxy) is 1. The third kappa shape index (κ3) is 1.69. The Morgan fingerprint density at radius 3 is 2.71 bits per heavy atom. The van der Waals surface area contributed by atoms with E-state index in [1.54, 1.807) is 0 Å². The molecule has 88 valence electrons. The normalized spacial score (nSPS) is 27.2. The van der Waals surface area contributed by atoms with Crippen LogP contribution >= 0.6 is 0 Å². The average Bonchev–Trinajstić information content (AvgIpc) is 2.84. The summed E-state index contributed by atoms with van der Waals surface area (Å²) in [6.07, 6.45) is 0.954. The van der Waals surface area contributed by atoms with Gasteiger partial charge in [0.2, 0.25) is 5.91 Å². The molecule has 17 heavy (non-hydrogen) atoms. The quantitative estimate of drug-likeness (QED) is 0.776. The second kappa shape index (κ2) is 3.87. The molecule has 4 nitrogen and oxygen atoms in total. The Morgan fingerprint density at radius 2 is 2.00 bits per heavy atom. The lowest BCUT2D eigenvalue weighted by atomic mass is 9.96. The summed E-state index contributed by atoms with van der Waals surface area (Å²) in [5.74, 6) is -0.156. The summed E-state index contributed by atoms with van der Waals surface area (Å²) in [7, 11) is 0. The number of benzene rings is 1. The van der Waals surface area contributed by atoms with E-state index in [4.69, 9.17) is 4.74 Å². The summed E-state index contributed by atoms with van der Waals surface area (Å²) in [5.41, 5.74) is 1.14. The van der Waals surface area contributed by atoms with Crippen LogP contribution in [0.25, 0.3) is 0 Å². The van der Waals surface area contributed by atoms with Crippen molar-refractivity contribution >= 4 is 12.0 Å². The van der Waals surface area contributed by atoms with E-state index in [-0.39, 0.29) is 17.9 Å². The van der Waals surface area contributed by atoms with Gasteiger partial charge < -0.3 is 4.74 Å². The van der Waals surface area contributed by atoms with Crippen molar-refractivity contribution in [3.05, 3.63) is 35.9 Å². The predicted octanol–water partition coefficient (Wildman–Crippen LogP) is 1.60. The molecule has 2 heterocycles. The first-order valence-electron chi connectivity index (χ1n) is 5.79. The van der Waals surface area contributed by atoms with Crippen molar-refractivity contribution in [1.29, 1.82) is 0 Å². The summed E-state index contributed by atoms with van der Waals surface area (Å²) in [4.78, 5) is 24.7. The fraction of sp³-hybridized carbons (Fsp3) is 0.385. The highest BCUT2D eigenvalue weighted by atomic mass is 16.6. The van der Waals surface area contributed by atoms with Gasteiger partial charge in [-0.25, -0.2) is 9.69 Å². The Hall–Kier alpha value is -1.84. The summed E-state index contributed by atoms with van der Waals surface area (Å²) in [6, 6.07) is 9.86. The molecule has 0 aliphatic carbocycles. The standard InChI is InChI=1S/C13H13NO3/c15-12-10(6-9-4-2-1-3-5-9)7-11-8-17-13(16)14(11)12/h1-5,10-11H,6-8H2/t10-,11-/m1/s1. The van der Waals surface area contributed by atoms with Crippen molar-refractivity contribution in [1.82, 2.24) is 4.90 Å². The lowest BCUT2D eigenvalue weighted by molar-refractivity contribution is -0.128. The van der Waals surface area contributed by atoms with Gasteiger partial charge in [-0.1, -0.05) is 30.3 Å². The highest BCUT2D eigenvalue weighted by molar-refractivity contribution is 5.96. The third-order valence-corrected chi connectivity index (χ3v) is 3.43. The second-order valence-corrected chi connectivity index (χ2v) is 4.56. The number of imide groups is 1. The lowest BCUT2D eigenvalue weighted by Crippen LogP contribution is -2.32. The summed E-state index contributed by atoms with van der Waals surface area (Å²) >= 11 is 0. The van der Waals surface area contributed by atoms with Crippen LogP contribution in [0, 0.1) is 5.92 Å². The molecule has 0 N–H and O–H groups in total. The van der Waals surface area contributed by atoms with E-state index in [0.717, 1.165) is 12.0 Å². The van der Waals surface area contributed by atoms with E-state index < -0.39 is 6.09 Å². The monoisotopic (exact) mass is 231 g/mol. The SMILES string of the molecule is O=C1OC[C@H]2C[C@@H](Cc3ccccc3)C(=O)N12. The zero-order valence-electron chi connectivity index (χ0n) is 9.33. The van der Waals surface area contributed by atoms with Gasteiger partial charge in [-0.3, -0.25) is 4.79 Å². The van der Waals surface area contributed by atoms with Crippen LogP contribution in [0.4, 0.5) is 4.79 Å². The molecule has 0 radical (unpaired) electrons. The van der Waals surface area contributed by atoms with Crippen LogP contribution < -0.4 is 0 Å². The number of hydrogen-bond donors (Lipinski definition) is 0. The molecule has 1 aromatic rings. The van der Waals surface area contributed by atoms with Crippen molar-refractivity contribution in [2.75, 3.05) is 6.61 Å². The maximum Gasteiger partial charge on any atom is 0.416 e. The maximum atomic E-state index is 12.0. The third-order valence-electron chi connectivity index (χ3n) is 3.43. The molecule has 0 bridgehead atoms. The van der Waals surface area contributed by atoms with Crippen LogP contribution in [0.5, 0.6) is 0 Å². The molecule has 4 heteroatoms. The van der Waals surface area contributed by atoms with Crippen molar-refractivity contribution in [2.24, 2.45) is 5.92 Å². The first-order valence-corrected chi connectivity index (χ1v) is 5.79. The number of amides is 2. The fourth-order valence-electron chi connectivity index (χ4n) is 2.60. The number of hydrogen-bond acceptors (Lipinski definition) is 3. The van der Waals surface area contributed by atoms with Crippen molar-refractivity contribution in [3.8, 4) is 0 Å². The average molecular weight is 231 g/mol. The van der Waals surface area contributed by atoms with Crippen LogP contribution in [0.2, 0.25) is 0 Å². The van der Waals surface area contributed by atoms with Crippen LogP contribution in [-0.4, -0.2) is 29.5 Å². The van der Waals surface area contributed by atoms with Gasteiger partial charge in [0.15, 0.2) is 0 Å². The summed E-state index contributed by atoms with van der Waals surface area (Å²) < 4.78 is 4.85. The van der Waals surface area contributed by atoms with Gasteiger partial charge in [-0.2, -0.15) is 0 Å². The largest absolute Gasteiger partial charge is 0.447 e. The maximum absolute atomic E-state index is 12.0. The molecule has 3 rings (SSSR count). The number of rotatable bonds is 2. The van der Waals surface area contributed by atoms with E-state index in [1.807, 2.05) is 30.3 Å². The molecular formula is C13H13NO3. The van der Waals surface area contributed by atoms with Crippen LogP contribution in [0.3, 0.4) is 0 Å². The topological polar surface area (TPSA) is 46.6 Å². The molecule has 0 unspecified atom stereocenters. The first-order chi connectivity index (χ1) is 8.25. The van der Waals surface area contributed by atoms with Gasteiger partial charge in [0.05, 0.1) is 6.04 Å². The minimum absolute atomic E-state index is 0.0382. The highest BCUT2D eigenvalue weighted by Crippen LogP contribution is 2.31.